The molecule has 0 saturated heterocycles. The molecular formula is C8H15NO2. The topological polar surface area (TPSA) is 40.5 Å². The Morgan fingerprint density at radius 1 is 1.64 bits per heavy atom. The summed E-state index contributed by atoms with van der Waals surface area (Å²) in [6.07, 6.45) is 0. The fraction of sp³-hybridized carbons (Fsp3) is 0.625. The molecule has 0 saturated carbocycles. The van der Waals surface area contributed by atoms with Crippen LogP contribution in [0.2, 0.25) is 0 Å². The second kappa shape index (κ2) is 4.13. The van der Waals surface area contributed by atoms with Gasteiger partial charge in [0.05, 0.1) is 6.54 Å². The summed E-state index contributed by atoms with van der Waals surface area (Å²) >= 11 is 0. The number of hydrogen-bond acceptors (Lipinski definition) is 2. The van der Waals surface area contributed by atoms with Gasteiger partial charge in [0.2, 0.25) is 0 Å². The lowest BCUT2D eigenvalue weighted by Gasteiger charge is -2.16. The monoisotopic (exact) mass is 157 g/mol. The molecule has 0 aliphatic rings. The number of hydroxylamine groups is 2. The Labute approximate surface area is 67.3 Å². The van der Waals surface area contributed by atoms with Crippen LogP contribution in [0.3, 0.4) is 0 Å². The Morgan fingerprint density at radius 3 is 2.36 bits per heavy atom. The van der Waals surface area contributed by atoms with Crippen LogP contribution in [0.4, 0.5) is 0 Å². The SMILES string of the molecule is C=C(C)C(=O)N(O)CC(C)C. The molecule has 3 nitrogen and oxygen atoms in total. The first kappa shape index (κ1) is 10.2. The molecule has 0 aliphatic heterocycles. The molecule has 0 fully saturated rings. The van der Waals surface area contributed by atoms with Crippen molar-refractivity contribution >= 4 is 5.91 Å². The van der Waals surface area contributed by atoms with E-state index in [2.05, 4.69) is 6.58 Å². The molecule has 0 aromatic carbocycles. The molecule has 0 aliphatic carbocycles. The van der Waals surface area contributed by atoms with E-state index in [1.165, 1.54) is 0 Å². The Morgan fingerprint density at radius 2 is 2.09 bits per heavy atom. The first-order chi connectivity index (χ1) is 4.95. The van der Waals surface area contributed by atoms with Gasteiger partial charge in [0.25, 0.3) is 5.91 Å². The summed E-state index contributed by atoms with van der Waals surface area (Å²) in [7, 11) is 0. The fourth-order valence-corrected chi connectivity index (χ4v) is 0.649. The smallest absolute Gasteiger partial charge is 0.272 e. The number of amides is 1. The van der Waals surface area contributed by atoms with Gasteiger partial charge < -0.3 is 0 Å². The predicted octanol–water partition coefficient (Wildman–Crippen LogP) is 1.44. The second-order valence-corrected chi connectivity index (χ2v) is 3.06. The third kappa shape index (κ3) is 3.78. The van der Waals surface area contributed by atoms with Crippen LogP contribution in [0.15, 0.2) is 12.2 Å². The standard InChI is InChI=1S/C8H15NO2/c1-6(2)5-9(11)8(10)7(3)4/h6,11H,3,5H2,1-2,4H3. The van der Waals surface area contributed by atoms with Crippen LogP contribution in [0.5, 0.6) is 0 Å². The third-order valence-electron chi connectivity index (χ3n) is 1.14. The zero-order valence-corrected chi connectivity index (χ0v) is 7.29. The Hall–Kier alpha value is -0.830. The maximum absolute atomic E-state index is 11.0. The van der Waals surface area contributed by atoms with Gasteiger partial charge >= 0.3 is 0 Å². The molecule has 0 atom stereocenters. The summed E-state index contributed by atoms with van der Waals surface area (Å²) < 4.78 is 0. The highest BCUT2D eigenvalue weighted by atomic mass is 16.5. The van der Waals surface area contributed by atoms with Crippen molar-refractivity contribution in [1.82, 2.24) is 5.06 Å². The van der Waals surface area contributed by atoms with Crippen molar-refractivity contribution < 1.29 is 10.0 Å². The number of nitrogens with zero attached hydrogens (tertiary/aromatic N) is 1. The van der Waals surface area contributed by atoms with E-state index in [0.29, 0.717) is 17.2 Å². The first-order valence-corrected chi connectivity index (χ1v) is 3.61. The molecule has 0 spiro atoms. The molecule has 0 rings (SSSR count). The summed E-state index contributed by atoms with van der Waals surface area (Å²) in [5.74, 6) is -0.137. The largest absolute Gasteiger partial charge is 0.286 e. The number of rotatable bonds is 3. The molecule has 1 N–H and O–H groups in total. The van der Waals surface area contributed by atoms with Crippen LogP contribution in [-0.4, -0.2) is 22.7 Å². The van der Waals surface area contributed by atoms with Gasteiger partial charge in [0.1, 0.15) is 0 Å². The number of carbonyl (C=O) groups excluding carboxylic acids is 1. The van der Waals surface area contributed by atoms with Crippen molar-refractivity contribution in [2.45, 2.75) is 20.8 Å². The third-order valence-corrected chi connectivity index (χ3v) is 1.14. The van der Waals surface area contributed by atoms with E-state index >= 15 is 0 Å². The van der Waals surface area contributed by atoms with Crippen LogP contribution in [0, 0.1) is 5.92 Å². The zero-order valence-electron chi connectivity index (χ0n) is 7.29. The van der Waals surface area contributed by atoms with E-state index in [1.807, 2.05) is 13.8 Å². The highest BCUT2D eigenvalue weighted by Crippen LogP contribution is 2.00. The number of carbonyl (C=O) groups is 1. The minimum Gasteiger partial charge on any atom is -0.286 e. The molecular weight excluding hydrogens is 142 g/mol. The average Bonchev–Trinajstić information content (AvgIpc) is 1.84. The minimum absolute atomic E-state index is 0.267. The normalized spacial score (nSPS) is 9.91. The van der Waals surface area contributed by atoms with Crippen molar-refractivity contribution in [2.24, 2.45) is 5.92 Å². The summed E-state index contributed by atoms with van der Waals surface area (Å²) in [6, 6.07) is 0. The van der Waals surface area contributed by atoms with Gasteiger partial charge in [-0.3, -0.25) is 10.0 Å². The first-order valence-electron chi connectivity index (χ1n) is 3.61. The maximum atomic E-state index is 11.0. The average molecular weight is 157 g/mol. The van der Waals surface area contributed by atoms with Crippen LogP contribution in [0.25, 0.3) is 0 Å². The molecule has 11 heavy (non-hydrogen) atoms. The van der Waals surface area contributed by atoms with Gasteiger partial charge in [0, 0.05) is 5.57 Å². The van der Waals surface area contributed by atoms with Gasteiger partial charge in [-0.1, -0.05) is 20.4 Å². The Kier molecular flexibility index (Phi) is 3.82. The van der Waals surface area contributed by atoms with Crippen molar-refractivity contribution in [1.29, 1.82) is 0 Å². The van der Waals surface area contributed by atoms with Crippen molar-refractivity contribution in [3.05, 3.63) is 12.2 Å². The fourth-order valence-electron chi connectivity index (χ4n) is 0.649. The minimum atomic E-state index is -0.404. The van der Waals surface area contributed by atoms with Gasteiger partial charge in [-0.2, -0.15) is 0 Å². The van der Waals surface area contributed by atoms with Crippen molar-refractivity contribution in [2.75, 3.05) is 6.54 Å². The maximum Gasteiger partial charge on any atom is 0.272 e. The predicted molar refractivity (Wildman–Crippen MR) is 43.2 cm³/mol. The van der Waals surface area contributed by atoms with Gasteiger partial charge in [-0.25, -0.2) is 5.06 Å². The lowest BCUT2D eigenvalue weighted by atomic mass is 10.2. The molecule has 0 bridgehead atoms. The van der Waals surface area contributed by atoms with E-state index in [1.54, 1.807) is 6.92 Å². The van der Waals surface area contributed by atoms with Gasteiger partial charge in [0.15, 0.2) is 0 Å². The van der Waals surface area contributed by atoms with Gasteiger partial charge in [-0.05, 0) is 12.8 Å². The molecule has 0 aromatic rings. The van der Waals surface area contributed by atoms with E-state index in [9.17, 15) is 4.79 Å². The molecule has 1 amide bonds. The second-order valence-electron chi connectivity index (χ2n) is 3.06. The highest BCUT2D eigenvalue weighted by Gasteiger charge is 2.11. The summed E-state index contributed by atoms with van der Waals surface area (Å²) in [5.41, 5.74) is 0.355. The molecule has 0 aromatic heterocycles. The van der Waals surface area contributed by atoms with E-state index in [-0.39, 0.29) is 5.92 Å². The summed E-state index contributed by atoms with van der Waals surface area (Å²) in [5, 5.41) is 9.78. The summed E-state index contributed by atoms with van der Waals surface area (Å²) in [6.45, 7) is 9.21. The highest BCUT2D eigenvalue weighted by molar-refractivity contribution is 5.91. The molecule has 3 heteroatoms. The molecule has 0 radical (unpaired) electrons. The van der Waals surface area contributed by atoms with Crippen LogP contribution < -0.4 is 0 Å². The lowest BCUT2D eigenvalue weighted by Crippen LogP contribution is -2.31. The van der Waals surface area contributed by atoms with Crippen molar-refractivity contribution in [3.63, 3.8) is 0 Å². The molecule has 0 heterocycles. The number of hydrogen-bond donors (Lipinski definition) is 1. The van der Waals surface area contributed by atoms with Crippen molar-refractivity contribution in [3.8, 4) is 0 Å². The van der Waals surface area contributed by atoms with Gasteiger partial charge in [-0.15, -0.1) is 0 Å². The Bertz CT molecular complexity index is 163. The molecule has 64 valence electrons. The molecule has 0 unspecified atom stereocenters. The van der Waals surface area contributed by atoms with E-state index in [4.69, 9.17) is 5.21 Å². The Balaban J connectivity index is 3.93. The van der Waals surface area contributed by atoms with E-state index < -0.39 is 5.91 Å². The quantitative estimate of drug-likeness (QED) is 0.382. The summed E-state index contributed by atoms with van der Waals surface area (Å²) in [4.78, 5) is 11.0. The van der Waals surface area contributed by atoms with Crippen LogP contribution >= 0.6 is 0 Å². The van der Waals surface area contributed by atoms with Crippen LogP contribution in [-0.2, 0) is 4.79 Å². The lowest BCUT2D eigenvalue weighted by molar-refractivity contribution is -0.162. The van der Waals surface area contributed by atoms with E-state index in [0.717, 1.165) is 0 Å². The van der Waals surface area contributed by atoms with Crippen LogP contribution in [0.1, 0.15) is 20.8 Å². The zero-order chi connectivity index (χ0) is 9.02.